The van der Waals surface area contributed by atoms with Crippen molar-refractivity contribution >= 4 is 40.2 Å². The minimum atomic E-state index is -0.862. The van der Waals surface area contributed by atoms with E-state index in [2.05, 4.69) is 0 Å². The van der Waals surface area contributed by atoms with Crippen LogP contribution in [0.4, 0.5) is 5.69 Å². The Hall–Kier alpha value is -4.76. The molecule has 8 nitrogen and oxygen atoms in total. The molecule has 4 aromatic rings. The minimum Gasteiger partial charge on any atom is -0.497 e. The van der Waals surface area contributed by atoms with Gasteiger partial charge < -0.3 is 14.4 Å². The summed E-state index contributed by atoms with van der Waals surface area (Å²) < 4.78 is 12.8. The second kappa shape index (κ2) is 10.7. The number of aromatic nitrogens is 1. The van der Waals surface area contributed by atoms with Crippen molar-refractivity contribution in [2.24, 2.45) is 4.99 Å². The van der Waals surface area contributed by atoms with Gasteiger partial charge in [0.25, 0.3) is 11.5 Å². The summed E-state index contributed by atoms with van der Waals surface area (Å²) in [5, 5.41) is 0. The molecule has 0 bridgehead atoms. The number of rotatable bonds is 6. The summed E-state index contributed by atoms with van der Waals surface area (Å²) in [6.07, 6.45) is 0. The lowest BCUT2D eigenvalue weighted by Crippen LogP contribution is -2.41. The molecule has 206 valence electrons. The number of carbonyl (C=O) groups excluding carboxylic acids is 2. The molecule has 0 radical (unpaired) electrons. The van der Waals surface area contributed by atoms with Crippen LogP contribution in [0, 0.1) is 0 Å². The number of hydrogen-bond donors (Lipinski definition) is 0. The summed E-state index contributed by atoms with van der Waals surface area (Å²) in [4.78, 5) is 48.6. The predicted octanol–water partition coefficient (Wildman–Crippen LogP) is 3.68. The number of esters is 1. The highest BCUT2D eigenvalue weighted by Gasteiger charge is 2.38. The van der Waals surface area contributed by atoms with Gasteiger partial charge in [-0.3, -0.25) is 14.2 Å². The lowest BCUT2D eigenvalue weighted by Gasteiger charge is -2.26. The highest BCUT2D eigenvalue weighted by molar-refractivity contribution is 7.07. The van der Waals surface area contributed by atoms with Crippen molar-refractivity contribution in [2.45, 2.75) is 19.9 Å². The largest absolute Gasteiger partial charge is 0.497 e. The first-order valence-electron chi connectivity index (χ1n) is 13.3. The van der Waals surface area contributed by atoms with Crippen LogP contribution in [-0.2, 0) is 14.3 Å². The quantitative estimate of drug-likeness (QED) is 0.333. The van der Waals surface area contributed by atoms with Crippen LogP contribution in [0.5, 0.6) is 5.75 Å². The average molecular weight is 566 g/mol. The van der Waals surface area contributed by atoms with Crippen LogP contribution < -0.4 is 24.5 Å². The molecule has 0 saturated heterocycles. The van der Waals surface area contributed by atoms with E-state index in [1.807, 2.05) is 73.7 Å². The topological polar surface area (TPSA) is 90.2 Å². The Balaban J connectivity index is 1.72. The van der Waals surface area contributed by atoms with Crippen LogP contribution in [-0.4, -0.2) is 36.7 Å². The number of ether oxygens (including phenoxy) is 2. The number of thiazole rings is 1. The summed E-state index contributed by atoms with van der Waals surface area (Å²) in [5.74, 6) is -0.225. The third kappa shape index (κ3) is 4.29. The highest BCUT2D eigenvalue weighted by atomic mass is 32.1. The third-order valence-corrected chi connectivity index (χ3v) is 8.28. The van der Waals surface area contributed by atoms with Gasteiger partial charge in [0.05, 0.1) is 42.3 Å². The molecule has 2 aliphatic rings. The number of para-hydroxylation sites is 1. The molecular weight excluding hydrogens is 538 g/mol. The molecule has 0 aliphatic carbocycles. The predicted molar refractivity (Wildman–Crippen MR) is 157 cm³/mol. The van der Waals surface area contributed by atoms with Gasteiger partial charge in [-0.1, -0.05) is 72.0 Å². The molecule has 3 aromatic carbocycles. The number of nitrogens with zero attached hydrogens (tertiary/aromatic N) is 3. The summed E-state index contributed by atoms with van der Waals surface area (Å²) in [6.45, 7) is 4.26. The normalized spacial score (nSPS) is 17.2. The van der Waals surface area contributed by atoms with Crippen molar-refractivity contribution in [1.82, 2.24) is 4.57 Å². The Morgan fingerprint density at radius 1 is 0.976 bits per heavy atom. The molecule has 3 heterocycles. The maximum atomic E-state index is 14.4. The molecule has 9 heteroatoms. The third-order valence-electron chi connectivity index (χ3n) is 7.23. The van der Waals surface area contributed by atoms with Crippen molar-refractivity contribution < 1.29 is 19.1 Å². The van der Waals surface area contributed by atoms with E-state index < -0.39 is 17.6 Å². The van der Waals surface area contributed by atoms with E-state index >= 15 is 0 Å². The van der Waals surface area contributed by atoms with E-state index in [9.17, 15) is 14.4 Å². The lowest BCUT2D eigenvalue weighted by atomic mass is 9.93. The second-order valence-corrected chi connectivity index (χ2v) is 10.4. The second-order valence-electron chi connectivity index (χ2n) is 9.47. The molecule has 0 unspecified atom stereocenters. The van der Waals surface area contributed by atoms with Crippen LogP contribution in [0.3, 0.4) is 0 Å². The fraction of sp³-hybridized carbons (Fsp3) is 0.188. The van der Waals surface area contributed by atoms with Gasteiger partial charge in [-0.25, -0.2) is 9.79 Å². The number of benzene rings is 3. The van der Waals surface area contributed by atoms with E-state index in [0.29, 0.717) is 45.1 Å². The molecule has 2 aliphatic heterocycles. The van der Waals surface area contributed by atoms with E-state index in [-0.39, 0.29) is 22.6 Å². The smallest absolute Gasteiger partial charge is 0.338 e. The zero-order chi connectivity index (χ0) is 28.7. The zero-order valence-corrected chi connectivity index (χ0v) is 23.6. The molecule has 41 heavy (non-hydrogen) atoms. The number of amides is 1. The van der Waals surface area contributed by atoms with Crippen LogP contribution >= 0.6 is 11.3 Å². The summed E-state index contributed by atoms with van der Waals surface area (Å²) in [5.41, 5.74) is 3.44. The van der Waals surface area contributed by atoms with Gasteiger partial charge in [0.2, 0.25) is 0 Å². The Morgan fingerprint density at radius 2 is 1.73 bits per heavy atom. The van der Waals surface area contributed by atoms with E-state index in [1.54, 1.807) is 31.1 Å². The van der Waals surface area contributed by atoms with Gasteiger partial charge in [0.15, 0.2) is 4.80 Å². The first-order chi connectivity index (χ1) is 20.0. The van der Waals surface area contributed by atoms with Crippen molar-refractivity contribution in [1.29, 1.82) is 0 Å². The molecule has 6 rings (SSSR count). The fourth-order valence-corrected chi connectivity index (χ4v) is 6.52. The van der Waals surface area contributed by atoms with Crippen LogP contribution in [0.25, 0.3) is 11.3 Å². The van der Waals surface area contributed by atoms with Crippen LogP contribution in [0.2, 0.25) is 0 Å². The SMILES string of the molecule is CCOC(=O)C1=C(c2ccccc2)N=c2s/c(=C3/C(=O)N(CC)c4ccccc43)c(=O)n2[C@@H]1c1cccc(OC)c1. The maximum Gasteiger partial charge on any atom is 0.338 e. The van der Waals surface area contributed by atoms with Gasteiger partial charge in [0, 0.05) is 17.7 Å². The van der Waals surface area contributed by atoms with E-state index in [0.717, 1.165) is 17.0 Å². The van der Waals surface area contributed by atoms with Crippen molar-refractivity contribution in [3.8, 4) is 5.75 Å². The highest BCUT2D eigenvalue weighted by Crippen LogP contribution is 2.37. The van der Waals surface area contributed by atoms with Crippen LogP contribution in [0.15, 0.2) is 94.2 Å². The molecule has 0 N–H and O–H groups in total. The standard InChI is InChI=1S/C32H27N3O5S/c1-4-34-23-17-10-9-16-22(23)24(29(34)36)28-30(37)35-27(20-14-11-15-21(18-20)39-3)25(31(38)40-5-2)26(33-32(35)41-28)19-12-7-6-8-13-19/h6-18,27H,4-5H2,1-3H3/b28-24+/t27-/m1/s1. The van der Waals surface area contributed by atoms with Gasteiger partial charge in [-0.2, -0.15) is 0 Å². The molecule has 1 atom stereocenters. The maximum absolute atomic E-state index is 14.4. The molecule has 0 spiro atoms. The molecule has 0 fully saturated rings. The van der Waals surface area contributed by atoms with Gasteiger partial charge in [-0.05, 0) is 37.6 Å². The van der Waals surface area contributed by atoms with Crippen molar-refractivity contribution in [2.75, 3.05) is 25.2 Å². The van der Waals surface area contributed by atoms with Crippen molar-refractivity contribution in [3.05, 3.63) is 121 Å². The summed E-state index contributed by atoms with van der Waals surface area (Å²) in [7, 11) is 1.56. The van der Waals surface area contributed by atoms with Gasteiger partial charge in [-0.15, -0.1) is 0 Å². The average Bonchev–Trinajstić information content (AvgIpc) is 3.48. The number of likely N-dealkylation sites (N-methyl/N-ethyl adjacent to an activating group) is 1. The van der Waals surface area contributed by atoms with Gasteiger partial charge >= 0.3 is 5.97 Å². The monoisotopic (exact) mass is 565 g/mol. The zero-order valence-electron chi connectivity index (χ0n) is 22.8. The summed E-state index contributed by atoms with van der Waals surface area (Å²) in [6, 6.07) is 23.2. The van der Waals surface area contributed by atoms with Crippen LogP contribution in [0.1, 0.15) is 36.6 Å². The lowest BCUT2D eigenvalue weighted by molar-refractivity contribution is -0.138. The molecule has 1 aromatic heterocycles. The molecule has 1 amide bonds. The Bertz CT molecular complexity index is 1910. The number of anilines is 1. The molecular formula is C32H27N3O5S. The van der Waals surface area contributed by atoms with Gasteiger partial charge in [0.1, 0.15) is 10.3 Å². The first-order valence-corrected chi connectivity index (χ1v) is 14.2. The van der Waals surface area contributed by atoms with Crippen molar-refractivity contribution in [3.63, 3.8) is 0 Å². The number of carbonyl (C=O) groups is 2. The Morgan fingerprint density at radius 3 is 2.46 bits per heavy atom. The van der Waals surface area contributed by atoms with E-state index in [1.165, 1.54) is 4.57 Å². The number of hydrogen-bond acceptors (Lipinski definition) is 7. The molecule has 0 saturated carbocycles. The Labute approximate surface area is 240 Å². The first kappa shape index (κ1) is 26.5. The fourth-order valence-electron chi connectivity index (χ4n) is 5.43. The van der Waals surface area contributed by atoms with E-state index in [4.69, 9.17) is 14.5 Å². The Kier molecular flexibility index (Phi) is 6.88. The minimum absolute atomic E-state index is 0.155. The summed E-state index contributed by atoms with van der Waals surface area (Å²) >= 11 is 1.15. The number of fused-ring (bicyclic) bond motifs is 2. The number of methoxy groups -OCH3 is 1.